The Kier molecular flexibility index (Phi) is 4.97. The summed E-state index contributed by atoms with van der Waals surface area (Å²) in [6.07, 6.45) is 0.654. The van der Waals surface area contributed by atoms with Crippen LogP contribution in [0.1, 0.15) is 18.9 Å². The lowest BCUT2D eigenvalue weighted by Crippen LogP contribution is -2.40. The molecule has 0 radical (unpaired) electrons. The number of nitrogens with two attached hydrogens (primary N) is 1. The molecule has 0 aliphatic heterocycles. The minimum Gasteiger partial charge on any atom is -0.497 e. The number of methoxy groups -OCH3 is 1. The predicted molar refractivity (Wildman–Crippen MR) is 67.7 cm³/mol. The van der Waals surface area contributed by atoms with E-state index < -0.39 is 6.04 Å². The molecule has 1 unspecified atom stereocenters. The highest BCUT2D eigenvalue weighted by molar-refractivity contribution is 5.81. The predicted octanol–water partition coefficient (Wildman–Crippen LogP) is 1.39. The average molecular weight is 236 g/mol. The van der Waals surface area contributed by atoms with Crippen molar-refractivity contribution in [2.75, 3.05) is 14.2 Å². The fourth-order valence-electron chi connectivity index (χ4n) is 1.58. The molecule has 1 amide bonds. The summed E-state index contributed by atoms with van der Waals surface area (Å²) in [4.78, 5) is 13.4. The van der Waals surface area contributed by atoms with Crippen LogP contribution in [-0.2, 0) is 11.3 Å². The van der Waals surface area contributed by atoms with Crippen LogP contribution in [0.25, 0.3) is 0 Å². The maximum atomic E-state index is 11.8. The van der Waals surface area contributed by atoms with Crippen molar-refractivity contribution in [2.24, 2.45) is 5.73 Å². The molecular weight excluding hydrogens is 216 g/mol. The fourth-order valence-corrected chi connectivity index (χ4v) is 1.58. The molecule has 0 aliphatic carbocycles. The molecule has 2 N–H and O–H groups in total. The number of benzene rings is 1. The average Bonchev–Trinajstić information content (AvgIpc) is 2.37. The van der Waals surface area contributed by atoms with Crippen molar-refractivity contribution in [1.82, 2.24) is 4.90 Å². The molecule has 0 aliphatic rings. The second-order valence-corrected chi connectivity index (χ2v) is 4.06. The van der Waals surface area contributed by atoms with Gasteiger partial charge in [0.2, 0.25) is 5.91 Å². The van der Waals surface area contributed by atoms with E-state index >= 15 is 0 Å². The third-order valence-corrected chi connectivity index (χ3v) is 2.69. The Labute approximate surface area is 102 Å². The van der Waals surface area contributed by atoms with Crippen LogP contribution >= 0.6 is 0 Å². The van der Waals surface area contributed by atoms with E-state index in [-0.39, 0.29) is 5.91 Å². The summed E-state index contributed by atoms with van der Waals surface area (Å²) in [6, 6.07) is 7.26. The molecule has 1 aromatic rings. The van der Waals surface area contributed by atoms with Gasteiger partial charge in [0.15, 0.2) is 0 Å². The molecule has 0 aromatic heterocycles. The van der Waals surface area contributed by atoms with E-state index in [1.54, 1.807) is 19.1 Å². The van der Waals surface area contributed by atoms with E-state index in [4.69, 9.17) is 10.5 Å². The summed E-state index contributed by atoms with van der Waals surface area (Å²) < 4.78 is 5.14. The Bertz CT molecular complexity index is 379. The molecule has 0 spiro atoms. The molecule has 0 bridgehead atoms. The van der Waals surface area contributed by atoms with E-state index in [9.17, 15) is 4.79 Å². The Hall–Kier alpha value is -1.55. The molecule has 17 heavy (non-hydrogen) atoms. The molecule has 0 heterocycles. The molecule has 4 nitrogen and oxygen atoms in total. The first kappa shape index (κ1) is 13.5. The van der Waals surface area contributed by atoms with E-state index in [1.165, 1.54) is 0 Å². The van der Waals surface area contributed by atoms with Crippen LogP contribution in [0.3, 0.4) is 0 Å². The fraction of sp³-hybridized carbons (Fsp3) is 0.462. The largest absolute Gasteiger partial charge is 0.497 e. The van der Waals surface area contributed by atoms with Crippen molar-refractivity contribution in [3.05, 3.63) is 29.8 Å². The van der Waals surface area contributed by atoms with Gasteiger partial charge < -0.3 is 15.4 Å². The van der Waals surface area contributed by atoms with Gasteiger partial charge in [0.25, 0.3) is 0 Å². The molecule has 1 aromatic carbocycles. The molecule has 94 valence electrons. The van der Waals surface area contributed by atoms with Gasteiger partial charge in [-0.05, 0) is 24.1 Å². The zero-order valence-electron chi connectivity index (χ0n) is 10.6. The zero-order chi connectivity index (χ0) is 12.8. The van der Waals surface area contributed by atoms with Gasteiger partial charge in [0.05, 0.1) is 13.2 Å². The third kappa shape index (κ3) is 3.75. The smallest absolute Gasteiger partial charge is 0.239 e. The van der Waals surface area contributed by atoms with Gasteiger partial charge in [-0.2, -0.15) is 0 Å². The number of hydrogen-bond acceptors (Lipinski definition) is 3. The molecule has 1 rings (SSSR count). The topological polar surface area (TPSA) is 55.6 Å². The Balaban J connectivity index is 2.67. The van der Waals surface area contributed by atoms with Gasteiger partial charge in [-0.25, -0.2) is 0 Å². The number of nitrogens with zero attached hydrogens (tertiary/aromatic N) is 1. The second kappa shape index (κ2) is 6.25. The van der Waals surface area contributed by atoms with Gasteiger partial charge in [0, 0.05) is 13.6 Å². The van der Waals surface area contributed by atoms with Crippen LogP contribution in [0.5, 0.6) is 5.75 Å². The van der Waals surface area contributed by atoms with Crippen molar-refractivity contribution in [2.45, 2.75) is 25.9 Å². The van der Waals surface area contributed by atoms with Crippen LogP contribution < -0.4 is 10.5 Å². The molecular formula is C13H20N2O2. The summed E-state index contributed by atoms with van der Waals surface area (Å²) >= 11 is 0. The third-order valence-electron chi connectivity index (χ3n) is 2.69. The summed E-state index contributed by atoms with van der Waals surface area (Å²) in [5.41, 5.74) is 6.74. The van der Waals surface area contributed by atoms with Gasteiger partial charge in [-0.15, -0.1) is 0 Å². The van der Waals surface area contributed by atoms with Crippen LogP contribution in [0.2, 0.25) is 0 Å². The Morgan fingerprint density at radius 1 is 1.53 bits per heavy atom. The number of amides is 1. The lowest BCUT2D eigenvalue weighted by molar-refractivity contribution is -0.131. The maximum Gasteiger partial charge on any atom is 0.239 e. The number of hydrogen-bond donors (Lipinski definition) is 1. The van der Waals surface area contributed by atoms with Gasteiger partial charge in [-0.1, -0.05) is 19.1 Å². The quantitative estimate of drug-likeness (QED) is 0.840. The van der Waals surface area contributed by atoms with Gasteiger partial charge in [0.1, 0.15) is 5.75 Å². The summed E-state index contributed by atoms with van der Waals surface area (Å²) in [5.74, 6) is 0.762. The Morgan fingerprint density at radius 3 is 2.82 bits per heavy atom. The normalized spacial score (nSPS) is 12.0. The first-order valence-corrected chi connectivity index (χ1v) is 5.72. The van der Waals surface area contributed by atoms with Crippen molar-refractivity contribution < 1.29 is 9.53 Å². The van der Waals surface area contributed by atoms with Crippen molar-refractivity contribution in [1.29, 1.82) is 0 Å². The number of carbonyl (C=O) groups excluding carboxylic acids is 1. The SMILES string of the molecule is CCC(N)C(=O)N(C)Cc1cccc(OC)c1. The molecule has 0 fully saturated rings. The monoisotopic (exact) mass is 236 g/mol. The van der Waals surface area contributed by atoms with Gasteiger partial charge >= 0.3 is 0 Å². The molecule has 4 heteroatoms. The standard InChI is InChI=1S/C13H20N2O2/c1-4-12(14)13(16)15(2)9-10-6-5-7-11(8-10)17-3/h5-8,12H,4,9,14H2,1-3H3. The number of rotatable bonds is 5. The Morgan fingerprint density at radius 2 is 2.24 bits per heavy atom. The van der Waals surface area contributed by atoms with E-state index in [0.29, 0.717) is 13.0 Å². The van der Waals surface area contributed by atoms with E-state index in [1.807, 2.05) is 31.2 Å². The molecule has 0 saturated heterocycles. The minimum atomic E-state index is -0.411. The highest BCUT2D eigenvalue weighted by atomic mass is 16.5. The summed E-state index contributed by atoms with van der Waals surface area (Å²) in [6.45, 7) is 2.45. The second-order valence-electron chi connectivity index (χ2n) is 4.06. The highest BCUT2D eigenvalue weighted by Gasteiger charge is 2.16. The minimum absolute atomic E-state index is 0.0321. The van der Waals surface area contributed by atoms with E-state index in [2.05, 4.69) is 0 Å². The van der Waals surface area contributed by atoms with Crippen molar-refractivity contribution in [3.8, 4) is 5.75 Å². The van der Waals surface area contributed by atoms with Crippen LogP contribution in [0.15, 0.2) is 24.3 Å². The lowest BCUT2D eigenvalue weighted by atomic mass is 10.1. The van der Waals surface area contributed by atoms with Crippen molar-refractivity contribution >= 4 is 5.91 Å². The zero-order valence-corrected chi connectivity index (χ0v) is 10.6. The maximum absolute atomic E-state index is 11.8. The van der Waals surface area contributed by atoms with Crippen LogP contribution in [0, 0.1) is 0 Å². The first-order chi connectivity index (χ1) is 8.08. The first-order valence-electron chi connectivity index (χ1n) is 5.72. The highest BCUT2D eigenvalue weighted by Crippen LogP contribution is 2.14. The number of likely N-dealkylation sites (N-methyl/N-ethyl adjacent to an activating group) is 1. The molecule has 1 atom stereocenters. The summed E-state index contributed by atoms with van der Waals surface area (Å²) in [7, 11) is 3.39. The van der Waals surface area contributed by atoms with Crippen LogP contribution in [-0.4, -0.2) is 31.0 Å². The van der Waals surface area contributed by atoms with Crippen LogP contribution in [0.4, 0.5) is 0 Å². The number of carbonyl (C=O) groups is 1. The number of ether oxygens (including phenoxy) is 1. The van der Waals surface area contributed by atoms with Gasteiger partial charge in [-0.3, -0.25) is 4.79 Å². The van der Waals surface area contributed by atoms with Crippen molar-refractivity contribution in [3.63, 3.8) is 0 Å². The van der Waals surface area contributed by atoms with E-state index in [0.717, 1.165) is 11.3 Å². The summed E-state index contributed by atoms with van der Waals surface area (Å²) in [5, 5.41) is 0. The lowest BCUT2D eigenvalue weighted by Gasteiger charge is -2.20. The molecule has 0 saturated carbocycles.